The van der Waals surface area contributed by atoms with E-state index in [4.69, 9.17) is 0 Å². The molecule has 3 aromatic rings. The van der Waals surface area contributed by atoms with Crippen LogP contribution < -0.4 is 10.6 Å². The predicted octanol–water partition coefficient (Wildman–Crippen LogP) is 3.83. The third-order valence-corrected chi connectivity index (χ3v) is 8.12. The van der Waals surface area contributed by atoms with Crippen molar-refractivity contribution in [3.8, 4) is 0 Å². The predicted molar refractivity (Wildman–Crippen MR) is 125 cm³/mol. The van der Waals surface area contributed by atoms with Crippen molar-refractivity contribution in [3.63, 3.8) is 0 Å². The van der Waals surface area contributed by atoms with Crippen LogP contribution in [0.1, 0.15) is 52.7 Å². The second-order valence-electron chi connectivity index (χ2n) is 11.0. The highest BCUT2D eigenvalue weighted by Crippen LogP contribution is 2.67. The number of halogens is 8. The topological polar surface area (TPSA) is 131 Å². The van der Waals surface area contributed by atoms with Gasteiger partial charge in [-0.05, 0) is 35.5 Å². The van der Waals surface area contributed by atoms with E-state index in [0.717, 1.165) is 4.90 Å². The van der Waals surface area contributed by atoms with Crippen molar-refractivity contribution in [1.29, 1.82) is 0 Å². The number of alkyl halides is 8. The van der Waals surface area contributed by atoms with Crippen molar-refractivity contribution in [2.45, 2.75) is 62.6 Å². The van der Waals surface area contributed by atoms with Crippen molar-refractivity contribution in [2.24, 2.45) is 17.8 Å². The first-order chi connectivity index (χ1) is 20.1. The maximum absolute atomic E-state index is 14.0. The van der Waals surface area contributed by atoms with Gasteiger partial charge in [0.2, 0.25) is 0 Å². The Bertz CT molecular complexity index is 1540. The van der Waals surface area contributed by atoms with E-state index >= 15 is 0 Å². The largest absolute Gasteiger partial charge is 0.410 e. The van der Waals surface area contributed by atoms with E-state index < -0.39 is 85.1 Å². The van der Waals surface area contributed by atoms with Crippen LogP contribution in [0.4, 0.5) is 39.9 Å². The molecule has 19 heteroatoms. The molecule has 3 amide bonds. The smallest absolute Gasteiger partial charge is 0.342 e. The van der Waals surface area contributed by atoms with Gasteiger partial charge in [0, 0.05) is 31.2 Å². The van der Waals surface area contributed by atoms with Gasteiger partial charge in [0.05, 0.1) is 30.7 Å². The fourth-order valence-electron chi connectivity index (χ4n) is 5.87. The Kier molecular flexibility index (Phi) is 6.75. The van der Waals surface area contributed by atoms with Crippen LogP contribution in [0.3, 0.4) is 0 Å². The molecule has 0 aromatic carbocycles. The molecule has 0 spiro atoms. The summed E-state index contributed by atoms with van der Waals surface area (Å²) in [6.45, 7) is -0.803. The summed E-state index contributed by atoms with van der Waals surface area (Å²) in [6, 6.07) is -2.41. The summed E-state index contributed by atoms with van der Waals surface area (Å²) in [5.41, 5.74) is -0.0477. The summed E-state index contributed by atoms with van der Waals surface area (Å²) in [4.78, 5) is 30.6. The minimum atomic E-state index is -4.62. The fraction of sp³-hybridized carbons (Fsp3) is 0.583. The number of fused-ring (bicyclic) bond motifs is 2. The molecule has 43 heavy (non-hydrogen) atoms. The highest BCUT2D eigenvalue weighted by atomic mass is 19.4. The molecule has 2 aliphatic carbocycles. The van der Waals surface area contributed by atoms with Gasteiger partial charge < -0.3 is 15.5 Å². The van der Waals surface area contributed by atoms with Gasteiger partial charge in [-0.15, -0.1) is 0 Å². The summed E-state index contributed by atoms with van der Waals surface area (Å²) < 4.78 is 111. The van der Waals surface area contributed by atoms with E-state index in [2.05, 4.69) is 30.3 Å². The van der Waals surface area contributed by atoms with Gasteiger partial charge >= 0.3 is 18.4 Å². The van der Waals surface area contributed by atoms with Crippen LogP contribution in [0, 0.1) is 17.8 Å². The van der Waals surface area contributed by atoms with Crippen LogP contribution in [0.2, 0.25) is 0 Å². The van der Waals surface area contributed by atoms with Gasteiger partial charge in [0.1, 0.15) is 11.7 Å². The monoisotopic (exact) mass is 622 g/mol. The number of imidazole rings is 1. The van der Waals surface area contributed by atoms with Crippen LogP contribution in [-0.4, -0.2) is 72.6 Å². The normalized spacial score (nSPS) is 25.6. The number of hydrogen-bond donors (Lipinski definition) is 2. The number of urea groups is 1. The molecule has 2 unspecified atom stereocenters. The van der Waals surface area contributed by atoms with Gasteiger partial charge in [-0.2, -0.15) is 31.4 Å². The molecule has 2 N–H and O–H groups in total. The van der Waals surface area contributed by atoms with Crippen LogP contribution in [-0.2, 0) is 13.0 Å². The Hall–Kier alpha value is -4.06. The lowest BCUT2D eigenvalue weighted by Crippen LogP contribution is -2.40. The van der Waals surface area contributed by atoms with Crippen molar-refractivity contribution < 1.29 is 49.3 Å². The molecule has 3 aliphatic rings. The molecule has 11 nitrogen and oxygen atoms in total. The highest BCUT2D eigenvalue weighted by molar-refractivity contribution is 5.93. The summed E-state index contributed by atoms with van der Waals surface area (Å²) in [5, 5.41) is 15.5. The van der Waals surface area contributed by atoms with Crippen molar-refractivity contribution >= 4 is 17.6 Å². The zero-order valence-corrected chi connectivity index (χ0v) is 21.8. The molecule has 232 valence electrons. The molecule has 0 radical (unpaired) electrons. The average Bonchev–Trinajstić information content (AvgIpc) is 3.56. The number of aryl methyl sites for hydroxylation is 1. The standard InChI is InChI=1S/C24H22F8N8O3/c25-22(26,27)2-1-14-19(38-43-37-14)20(41)36-18(11-4-12-13(5-11)23(12,28)29)15-8-40-17(34-15)3-10(6-33-40)7-39-9-16(24(30,31)32)35-21(39)42/h3,6,8,11-13,16,18H,1-2,4-5,7,9H2,(H,35,42)(H,36,41)/t11?,12-,13+,16-,18?/m0/s1. The third-order valence-electron chi connectivity index (χ3n) is 8.12. The van der Waals surface area contributed by atoms with E-state index in [1.807, 2.05) is 5.32 Å². The maximum atomic E-state index is 14.0. The summed E-state index contributed by atoms with van der Waals surface area (Å²) in [5.74, 6) is -5.99. The number of hydrogen-bond acceptors (Lipinski definition) is 7. The Labute approximate surface area is 235 Å². The lowest BCUT2D eigenvalue weighted by molar-refractivity contribution is -0.149. The second kappa shape index (κ2) is 10.0. The van der Waals surface area contributed by atoms with Crippen molar-refractivity contribution in [2.75, 3.05) is 6.54 Å². The average molecular weight is 622 g/mol. The van der Waals surface area contributed by atoms with E-state index in [1.165, 1.54) is 23.0 Å². The van der Waals surface area contributed by atoms with E-state index in [-0.39, 0.29) is 36.4 Å². The summed E-state index contributed by atoms with van der Waals surface area (Å²) in [6.07, 6.45) is -8.22. The first-order valence-electron chi connectivity index (χ1n) is 13.1. The third kappa shape index (κ3) is 5.67. The lowest BCUT2D eigenvalue weighted by atomic mass is 9.91. The van der Waals surface area contributed by atoms with Crippen LogP contribution >= 0.6 is 0 Å². The van der Waals surface area contributed by atoms with Crippen LogP contribution in [0.15, 0.2) is 23.1 Å². The first kappa shape index (κ1) is 29.0. The Morgan fingerprint density at radius 3 is 2.53 bits per heavy atom. The number of carbonyl (C=O) groups excluding carboxylic acids is 2. The number of carbonyl (C=O) groups is 2. The van der Waals surface area contributed by atoms with Crippen molar-refractivity contribution in [1.82, 2.24) is 40.4 Å². The summed E-state index contributed by atoms with van der Waals surface area (Å²) >= 11 is 0. The maximum Gasteiger partial charge on any atom is 0.410 e. The Balaban J connectivity index is 1.23. The van der Waals surface area contributed by atoms with E-state index in [0.29, 0.717) is 5.56 Å². The number of aromatic nitrogens is 5. The van der Waals surface area contributed by atoms with Gasteiger partial charge in [0.25, 0.3) is 11.8 Å². The molecule has 4 heterocycles. The molecule has 2 saturated carbocycles. The SMILES string of the molecule is O=C(NC(c1cn2ncc(CN3C[C@@H](C(F)(F)F)NC3=O)cc2n1)C1C[C@@H]2[C@H](C1)C2(F)F)c1nonc1CCC(F)(F)F. The molecule has 1 aliphatic heterocycles. The van der Waals surface area contributed by atoms with Crippen molar-refractivity contribution in [3.05, 3.63) is 41.1 Å². The molecule has 0 bridgehead atoms. The number of rotatable bonds is 8. The Morgan fingerprint density at radius 1 is 1.16 bits per heavy atom. The minimum Gasteiger partial charge on any atom is -0.342 e. The fourth-order valence-corrected chi connectivity index (χ4v) is 5.87. The lowest BCUT2D eigenvalue weighted by Gasteiger charge is -2.25. The molecule has 6 rings (SSSR count). The highest BCUT2D eigenvalue weighted by Gasteiger charge is 2.72. The Morgan fingerprint density at radius 2 is 1.88 bits per heavy atom. The molecule has 3 aromatic heterocycles. The summed E-state index contributed by atoms with van der Waals surface area (Å²) in [7, 11) is 0. The zero-order chi connectivity index (χ0) is 30.9. The van der Waals surface area contributed by atoms with Gasteiger partial charge in [-0.3, -0.25) is 4.79 Å². The van der Waals surface area contributed by atoms with Gasteiger partial charge in [0.15, 0.2) is 11.3 Å². The second-order valence-corrected chi connectivity index (χ2v) is 11.0. The van der Waals surface area contributed by atoms with Gasteiger partial charge in [-0.25, -0.2) is 27.7 Å². The quantitative estimate of drug-likeness (QED) is 0.366. The molecular weight excluding hydrogens is 600 g/mol. The molecule has 5 atom stereocenters. The molecular formula is C24H22F8N8O3. The van der Waals surface area contributed by atoms with Crippen LogP contribution in [0.25, 0.3) is 5.65 Å². The zero-order valence-electron chi connectivity index (χ0n) is 21.8. The minimum absolute atomic E-state index is 0.0532. The molecule has 3 fully saturated rings. The van der Waals surface area contributed by atoms with Crippen LogP contribution in [0.5, 0.6) is 0 Å². The first-order valence-corrected chi connectivity index (χ1v) is 13.1. The van der Waals surface area contributed by atoms with E-state index in [1.54, 1.807) is 0 Å². The van der Waals surface area contributed by atoms with E-state index in [9.17, 15) is 44.7 Å². The number of nitrogens with one attached hydrogen (secondary N) is 2. The van der Waals surface area contributed by atoms with Gasteiger partial charge in [-0.1, -0.05) is 5.16 Å². The number of nitrogens with zero attached hydrogens (tertiary/aromatic N) is 6. The molecule has 1 saturated heterocycles. The number of amides is 3.